The van der Waals surface area contributed by atoms with E-state index in [0.717, 1.165) is 12.3 Å². The maximum atomic E-state index is 5.89. The summed E-state index contributed by atoms with van der Waals surface area (Å²) in [7, 11) is 0. The molecule has 19 heavy (non-hydrogen) atoms. The van der Waals surface area contributed by atoms with E-state index in [1.165, 1.54) is 23.3 Å². The highest BCUT2D eigenvalue weighted by Crippen LogP contribution is 2.23. The molecule has 2 N–H and O–H groups in total. The largest absolute Gasteiger partial charge is 0.330 e. The van der Waals surface area contributed by atoms with E-state index in [2.05, 4.69) is 60.7 Å². The van der Waals surface area contributed by atoms with E-state index in [-0.39, 0.29) is 0 Å². The predicted molar refractivity (Wildman–Crippen MR) is 84.6 cm³/mol. The molecule has 2 aromatic rings. The van der Waals surface area contributed by atoms with E-state index in [9.17, 15) is 0 Å². The van der Waals surface area contributed by atoms with E-state index < -0.39 is 0 Å². The van der Waals surface area contributed by atoms with E-state index in [0.29, 0.717) is 5.92 Å². The van der Waals surface area contributed by atoms with Crippen LogP contribution in [0.5, 0.6) is 0 Å². The van der Waals surface area contributed by atoms with E-state index in [4.69, 9.17) is 5.73 Å². The van der Waals surface area contributed by atoms with Crippen LogP contribution in [0.25, 0.3) is 0 Å². The van der Waals surface area contributed by atoms with Crippen molar-refractivity contribution in [3.8, 4) is 0 Å². The zero-order valence-corrected chi connectivity index (χ0v) is 12.0. The van der Waals surface area contributed by atoms with Gasteiger partial charge < -0.3 is 5.73 Å². The van der Waals surface area contributed by atoms with Crippen LogP contribution in [0.2, 0.25) is 0 Å². The zero-order chi connectivity index (χ0) is 13.3. The first-order chi connectivity index (χ1) is 9.40. The lowest BCUT2D eigenvalue weighted by molar-refractivity contribution is 0.626. The fraction of sp³-hybridized carbons (Fsp3) is 0.294. The molecule has 2 aromatic carbocycles. The van der Waals surface area contributed by atoms with Crippen LogP contribution < -0.4 is 5.73 Å². The number of rotatable bonds is 7. The van der Waals surface area contributed by atoms with Crippen LogP contribution in [0.15, 0.2) is 65.6 Å². The van der Waals surface area contributed by atoms with Crippen LogP contribution in [0.4, 0.5) is 0 Å². The molecule has 2 rings (SSSR count). The normalized spacial score (nSPS) is 12.3. The second kappa shape index (κ2) is 8.03. The molecule has 100 valence electrons. The Hall–Kier alpha value is -1.25. The van der Waals surface area contributed by atoms with Gasteiger partial charge in [-0.1, -0.05) is 48.5 Å². The van der Waals surface area contributed by atoms with Crippen molar-refractivity contribution in [1.29, 1.82) is 0 Å². The fourth-order valence-electron chi connectivity index (χ4n) is 2.18. The Bertz CT molecular complexity index is 455. The zero-order valence-electron chi connectivity index (χ0n) is 11.2. The Morgan fingerprint density at radius 3 is 2.16 bits per heavy atom. The van der Waals surface area contributed by atoms with Crippen LogP contribution in [-0.4, -0.2) is 12.3 Å². The molecule has 0 aliphatic carbocycles. The Morgan fingerprint density at radius 2 is 1.53 bits per heavy atom. The molecule has 0 fully saturated rings. The van der Waals surface area contributed by atoms with Crippen LogP contribution in [0.3, 0.4) is 0 Å². The molecule has 0 aliphatic rings. The van der Waals surface area contributed by atoms with Crippen molar-refractivity contribution in [2.75, 3.05) is 12.3 Å². The summed E-state index contributed by atoms with van der Waals surface area (Å²) in [6, 6.07) is 21.2. The van der Waals surface area contributed by atoms with Crippen molar-refractivity contribution >= 4 is 11.8 Å². The third-order valence-electron chi connectivity index (χ3n) is 3.26. The lowest BCUT2D eigenvalue weighted by atomic mass is 9.95. The molecule has 0 amide bonds. The van der Waals surface area contributed by atoms with Crippen LogP contribution in [0.1, 0.15) is 24.3 Å². The number of hydrogen-bond acceptors (Lipinski definition) is 2. The standard InChI is InChI=1S/C17H21NS/c18-14-16(15-8-3-1-4-9-15)10-7-13-19-17-11-5-2-6-12-17/h1-6,8-9,11-12,16H,7,10,13-14,18H2. The summed E-state index contributed by atoms with van der Waals surface area (Å²) in [6.45, 7) is 0.736. The van der Waals surface area contributed by atoms with Crippen LogP contribution >= 0.6 is 11.8 Å². The van der Waals surface area contributed by atoms with E-state index in [1.807, 2.05) is 11.8 Å². The highest BCUT2D eigenvalue weighted by Gasteiger charge is 2.08. The molecule has 0 radical (unpaired) electrons. The predicted octanol–water partition coefficient (Wildman–Crippen LogP) is 4.30. The molecule has 1 unspecified atom stereocenters. The molecule has 1 atom stereocenters. The summed E-state index contributed by atoms with van der Waals surface area (Å²) in [4.78, 5) is 1.35. The average molecular weight is 271 g/mol. The minimum atomic E-state index is 0.498. The van der Waals surface area contributed by atoms with Gasteiger partial charge in [0.05, 0.1) is 0 Å². The van der Waals surface area contributed by atoms with Crippen molar-refractivity contribution in [3.63, 3.8) is 0 Å². The first-order valence-corrected chi connectivity index (χ1v) is 7.81. The third kappa shape index (κ3) is 4.73. The average Bonchev–Trinajstić information content (AvgIpc) is 2.49. The molecule has 0 spiro atoms. The second-order valence-electron chi connectivity index (χ2n) is 4.65. The van der Waals surface area contributed by atoms with Gasteiger partial charge >= 0.3 is 0 Å². The Kier molecular flexibility index (Phi) is 5.99. The van der Waals surface area contributed by atoms with E-state index >= 15 is 0 Å². The Morgan fingerprint density at radius 1 is 0.895 bits per heavy atom. The molecular formula is C17H21NS. The van der Waals surface area contributed by atoms with Crippen molar-refractivity contribution < 1.29 is 0 Å². The van der Waals surface area contributed by atoms with Crippen molar-refractivity contribution in [2.24, 2.45) is 5.73 Å². The number of hydrogen-bond donors (Lipinski definition) is 1. The maximum absolute atomic E-state index is 5.89. The van der Waals surface area contributed by atoms with E-state index in [1.54, 1.807) is 0 Å². The number of thioether (sulfide) groups is 1. The van der Waals surface area contributed by atoms with Gasteiger partial charge in [-0.25, -0.2) is 0 Å². The molecule has 1 nitrogen and oxygen atoms in total. The summed E-state index contributed by atoms with van der Waals surface area (Å²) in [5, 5.41) is 0. The topological polar surface area (TPSA) is 26.0 Å². The van der Waals surface area contributed by atoms with Crippen molar-refractivity contribution in [1.82, 2.24) is 0 Å². The van der Waals surface area contributed by atoms with Gasteiger partial charge in [0.2, 0.25) is 0 Å². The molecule has 0 saturated heterocycles. The van der Waals surface area contributed by atoms with Gasteiger partial charge in [0.15, 0.2) is 0 Å². The highest BCUT2D eigenvalue weighted by atomic mass is 32.2. The van der Waals surface area contributed by atoms with Crippen molar-refractivity contribution in [3.05, 3.63) is 66.2 Å². The first-order valence-electron chi connectivity index (χ1n) is 6.83. The Labute approximate surface area is 120 Å². The minimum absolute atomic E-state index is 0.498. The van der Waals surface area contributed by atoms with Gasteiger partial charge in [-0.05, 0) is 48.8 Å². The van der Waals surface area contributed by atoms with Gasteiger partial charge in [0, 0.05) is 4.90 Å². The molecule has 0 bridgehead atoms. The summed E-state index contributed by atoms with van der Waals surface area (Å²) in [6.07, 6.45) is 2.37. The maximum Gasteiger partial charge on any atom is 0.00719 e. The molecular weight excluding hydrogens is 250 g/mol. The molecule has 2 heteroatoms. The second-order valence-corrected chi connectivity index (χ2v) is 5.82. The van der Waals surface area contributed by atoms with Gasteiger partial charge in [0.1, 0.15) is 0 Å². The molecule has 0 saturated carbocycles. The van der Waals surface area contributed by atoms with Gasteiger partial charge in [-0.2, -0.15) is 0 Å². The summed E-state index contributed by atoms with van der Waals surface area (Å²) in [5.74, 6) is 1.66. The van der Waals surface area contributed by atoms with Crippen LogP contribution in [-0.2, 0) is 0 Å². The number of benzene rings is 2. The third-order valence-corrected chi connectivity index (χ3v) is 4.36. The lowest BCUT2D eigenvalue weighted by Gasteiger charge is -2.14. The monoisotopic (exact) mass is 271 g/mol. The molecule has 0 aliphatic heterocycles. The van der Waals surface area contributed by atoms with Gasteiger partial charge in [-0.3, -0.25) is 0 Å². The fourth-order valence-corrected chi connectivity index (χ4v) is 3.08. The first kappa shape index (κ1) is 14.2. The minimum Gasteiger partial charge on any atom is -0.330 e. The number of nitrogens with two attached hydrogens (primary N) is 1. The van der Waals surface area contributed by atoms with Crippen LogP contribution in [0, 0.1) is 0 Å². The summed E-state index contributed by atoms with van der Waals surface area (Å²) >= 11 is 1.93. The van der Waals surface area contributed by atoms with Crippen molar-refractivity contribution in [2.45, 2.75) is 23.7 Å². The summed E-state index contributed by atoms with van der Waals surface area (Å²) < 4.78 is 0. The lowest BCUT2D eigenvalue weighted by Crippen LogP contribution is -2.12. The quantitative estimate of drug-likeness (QED) is 0.600. The van der Waals surface area contributed by atoms with Gasteiger partial charge in [-0.15, -0.1) is 11.8 Å². The SMILES string of the molecule is NCC(CCCSc1ccccc1)c1ccccc1. The molecule has 0 aromatic heterocycles. The molecule has 0 heterocycles. The summed E-state index contributed by atoms with van der Waals surface area (Å²) in [5.41, 5.74) is 7.26. The Balaban J connectivity index is 1.75. The smallest absolute Gasteiger partial charge is 0.00719 e. The highest BCUT2D eigenvalue weighted by molar-refractivity contribution is 7.99. The van der Waals surface area contributed by atoms with Gasteiger partial charge in [0.25, 0.3) is 0 Å².